The first kappa shape index (κ1) is 10.9. The molecule has 5 N–H and O–H groups in total. The lowest BCUT2D eigenvalue weighted by molar-refractivity contribution is 0.102. The third-order valence-electron chi connectivity index (χ3n) is 2.30. The number of aryl methyl sites for hydroxylation is 1. The van der Waals surface area contributed by atoms with Crippen LogP contribution in [0.5, 0.6) is 0 Å². The van der Waals surface area contributed by atoms with E-state index in [4.69, 9.17) is 5.73 Å². The SMILES string of the molecule is Cc1[nH]nc(NC(=O)c2c[nH]ccc2=O)c1N. The van der Waals surface area contributed by atoms with Gasteiger partial charge in [0.05, 0.1) is 11.4 Å². The number of H-pyrrole nitrogens is 2. The second-order valence-corrected chi connectivity index (χ2v) is 3.49. The first-order valence-electron chi connectivity index (χ1n) is 4.88. The predicted molar refractivity (Wildman–Crippen MR) is 62.8 cm³/mol. The van der Waals surface area contributed by atoms with E-state index in [-0.39, 0.29) is 16.8 Å². The van der Waals surface area contributed by atoms with Crippen molar-refractivity contribution in [1.29, 1.82) is 0 Å². The summed E-state index contributed by atoms with van der Waals surface area (Å²) in [6, 6.07) is 1.27. The van der Waals surface area contributed by atoms with E-state index in [1.165, 1.54) is 18.5 Å². The number of amides is 1. The normalized spacial score (nSPS) is 10.2. The molecule has 0 saturated heterocycles. The summed E-state index contributed by atoms with van der Waals surface area (Å²) in [7, 11) is 0. The highest BCUT2D eigenvalue weighted by Crippen LogP contribution is 2.18. The smallest absolute Gasteiger partial charge is 0.262 e. The van der Waals surface area contributed by atoms with Crippen LogP contribution in [0, 0.1) is 6.92 Å². The van der Waals surface area contributed by atoms with Crippen LogP contribution in [0.1, 0.15) is 16.1 Å². The zero-order chi connectivity index (χ0) is 12.4. The third-order valence-corrected chi connectivity index (χ3v) is 2.30. The number of hydrogen-bond donors (Lipinski definition) is 4. The first-order valence-corrected chi connectivity index (χ1v) is 4.88. The minimum absolute atomic E-state index is 0.00699. The van der Waals surface area contributed by atoms with Crippen LogP contribution in [0.25, 0.3) is 0 Å². The quantitative estimate of drug-likeness (QED) is 0.594. The molecule has 0 atom stereocenters. The summed E-state index contributed by atoms with van der Waals surface area (Å²) in [6.07, 6.45) is 2.78. The second kappa shape index (κ2) is 4.12. The minimum atomic E-state index is -0.551. The molecule has 2 heterocycles. The van der Waals surface area contributed by atoms with Crippen molar-refractivity contribution in [3.63, 3.8) is 0 Å². The molecule has 0 fully saturated rings. The van der Waals surface area contributed by atoms with E-state index in [0.717, 1.165) is 0 Å². The first-order chi connectivity index (χ1) is 8.09. The maximum absolute atomic E-state index is 11.8. The van der Waals surface area contributed by atoms with Gasteiger partial charge in [-0.1, -0.05) is 0 Å². The number of nitrogens with two attached hydrogens (primary N) is 1. The number of aromatic nitrogens is 3. The molecule has 0 saturated carbocycles. The molecule has 0 spiro atoms. The van der Waals surface area contributed by atoms with Gasteiger partial charge in [-0.15, -0.1) is 0 Å². The number of carbonyl (C=O) groups is 1. The summed E-state index contributed by atoms with van der Waals surface area (Å²) in [5.41, 5.74) is 6.32. The maximum Gasteiger partial charge on any atom is 0.262 e. The minimum Gasteiger partial charge on any atom is -0.394 e. The van der Waals surface area contributed by atoms with Crippen LogP contribution < -0.4 is 16.5 Å². The number of carbonyl (C=O) groups excluding carboxylic acids is 1. The second-order valence-electron chi connectivity index (χ2n) is 3.49. The Labute approximate surface area is 96.0 Å². The summed E-state index contributed by atoms with van der Waals surface area (Å²) < 4.78 is 0. The van der Waals surface area contributed by atoms with Crippen molar-refractivity contribution in [2.75, 3.05) is 11.1 Å². The Morgan fingerprint density at radius 1 is 1.53 bits per heavy atom. The summed E-state index contributed by atoms with van der Waals surface area (Å²) in [5.74, 6) is -0.333. The van der Waals surface area contributed by atoms with Crippen molar-refractivity contribution in [2.24, 2.45) is 0 Å². The lowest BCUT2D eigenvalue weighted by atomic mass is 10.2. The molecule has 17 heavy (non-hydrogen) atoms. The Morgan fingerprint density at radius 2 is 2.29 bits per heavy atom. The molecule has 0 aromatic carbocycles. The van der Waals surface area contributed by atoms with Gasteiger partial charge in [0, 0.05) is 18.5 Å². The van der Waals surface area contributed by atoms with Crippen LogP contribution in [0.15, 0.2) is 23.3 Å². The highest BCUT2D eigenvalue weighted by atomic mass is 16.2. The van der Waals surface area contributed by atoms with Gasteiger partial charge in [-0.2, -0.15) is 5.10 Å². The molecule has 0 bridgehead atoms. The molecule has 0 aliphatic carbocycles. The number of rotatable bonds is 2. The Morgan fingerprint density at radius 3 is 2.88 bits per heavy atom. The van der Waals surface area contributed by atoms with Gasteiger partial charge in [0.2, 0.25) is 0 Å². The maximum atomic E-state index is 11.8. The van der Waals surface area contributed by atoms with Gasteiger partial charge in [0.25, 0.3) is 5.91 Å². The monoisotopic (exact) mass is 233 g/mol. The highest BCUT2D eigenvalue weighted by Gasteiger charge is 2.13. The fraction of sp³-hybridized carbons (Fsp3) is 0.100. The van der Waals surface area contributed by atoms with Crippen molar-refractivity contribution in [3.8, 4) is 0 Å². The number of aromatic amines is 2. The summed E-state index contributed by atoms with van der Waals surface area (Å²) in [4.78, 5) is 25.8. The number of anilines is 2. The summed E-state index contributed by atoms with van der Waals surface area (Å²) in [5, 5.41) is 8.91. The van der Waals surface area contributed by atoms with Gasteiger partial charge in [-0.3, -0.25) is 14.7 Å². The topological polar surface area (TPSA) is 117 Å². The molecule has 7 heteroatoms. The number of pyridine rings is 1. The van der Waals surface area contributed by atoms with Crippen LogP contribution >= 0.6 is 0 Å². The molecule has 1 amide bonds. The van der Waals surface area contributed by atoms with Crippen LogP contribution in [-0.4, -0.2) is 21.1 Å². The predicted octanol–water partition coefficient (Wildman–Crippen LogP) is 0.241. The molecule has 0 aliphatic heterocycles. The molecule has 2 aromatic rings. The standard InChI is InChI=1S/C10H11N5O2/c1-5-8(11)9(15-14-5)13-10(17)6-4-12-3-2-7(6)16/h2-4H,11H2,1H3,(H,12,16)(H2,13,14,15,17). The third kappa shape index (κ3) is 2.03. The highest BCUT2D eigenvalue weighted by molar-refractivity contribution is 6.04. The molecular weight excluding hydrogens is 222 g/mol. The van der Waals surface area contributed by atoms with Gasteiger partial charge in [-0.25, -0.2) is 0 Å². The zero-order valence-electron chi connectivity index (χ0n) is 9.07. The van der Waals surface area contributed by atoms with E-state index in [0.29, 0.717) is 11.4 Å². The molecule has 0 radical (unpaired) electrons. The number of hydrogen-bond acceptors (Lipinski definition) is 4. The van der Waals surface area contributed by atoms with Crippen LogP contribution in [-0.2, 0) is 0 Å². The van der Waals surface area contributed by atoms with Gasteiger partial charge in [0.1, 0.15) is 5.56 Å². The van der Waals surface area contributed by atoms with E-state index in [1.807, 2.05) is 0 Å². The Bertz CT molecular complexity index is 613. The van der Waals surface area contributed by atoms with E-state index >= 15 is 0 Å². The van der Waals surface area contributed by atoms with E-state index < -0.39 is 5.91 Å². The lowest BCUT2D eigenvalue weighted by Gasteiger charge is -2.01. The van der Waals surface area contributed by atoms with Gasteiger partial charge in [0.15, 0.2) is 11.2 Å². The van der Waals surface area contributed by atoms with Crippen molar-refractivity contribution >= 4 is 17.4 Å². The molecule has 7 nitrogen and oxygen atoms in total. The average molecular weight is 233 g/mol. The Hall–Kier alpha value is -2.57. The van der Waals surface area contributed by atoms with Crippen LogP contribution in [0.2, 0.25) is 0 Å². The number of nitrogen functional groups attached to an aromatic ring is 1. The van der Waals surface area contributed by atoms with Gasteiger partial charge in [-0.05, 0) is 6.92 Å². The van der Waals surface area contributed by atoms with Gasteiger partial charge < -0.3 is 16.0 Å². The van der Waals surface area contributed by atoms with Crippen molar-refractivity contribution in [3.05, 3.63) is 39.9 Å². The lowest BCUT2D eigenvalue weighted by Crippen LogP contribution is -2.21. The van der Waals surface area contributed by atoms with Crippen molar-refractivity contribution < 1.29 is 4.79 Å². The van der Waals surface area contributed by atoms with E-state index in [1.54, 1.807) is 6.92 Å². The fourth-order valence-electron chi connectivity index (χ4n) is 1.30. The number of nitrogens with one attached hydrogen (secondary N) is 3. The van der Waals surface area contributed by atoms with E-state index in [2.05, 4.69) is 20.5 Å². The van der Waals surface area contributed by atoms with E-state index in [9.17, 15) is 9.59 Å². The van der Waals surface area contributed by atoms with Gasteiger partial charge >= 0.3 is 0 Å². The molecule has 2 rings (SSSR count). The van der Waals surface area contributed by atoms with Crippen LogP contribution in [0.3, 0.4) is 0 Å². The summed E-state index contributed by atoms with van der Waals surface area (Å²) >= 11 is 0. The molecule has 88 valence electrons. The molecule has 2 aromatic heterocycles. The summed E-state index contributed by atoms with van der Waals surface area (Å²) in [6.45, 7) is 1.73. The molecular formula is C10H11N5O2. The average Bonchev–Trinajstić information content (AvgIpc) is 2.61. The zero-order valence-corrected chi connectivity index (χ0v) is 9.07. The number of nitrogens with zero attached hydrogens (tertiary/aromatic N) is 1. The molecule has 0 aliphatic rings. The molecule has 0 unspecified atom stereocenters. The van der Waals surface area contributed by atoms with Crippen molar-refractivity contribution in [1.82, 2.24) is 15.2 Å². The largest absolute Gasteiger partial charge is 0.394 e. The van der Waals surface area contributed by atoms with Crippen LogP contribution in [0.4, 0.5) is 11.5 Å². The Kier molecular flexibility index (Phi) is 2.65. The Balaban J connectivity index is 2.27. The van der Waals surface area contributed by atoms with Crippen molar-refractivity contribution in [2.45, 2.75) is 6.92 Å². The fourth-order valence-corrected chi connectivity index (χ4v) is 1.30.